The smallest absolute Gasteiger partial charge is 0.264 e. The van der Waals surface area contributed by atoms with Gasteiger partial charge >= 0.3 is 0 Å². The van der Waals surface area contributed by atoms with E-state index < -0.39 is 28.5 Å². The molecule has 4 aromatic rings. The predicted molar refractivity (Wildman–Crippen MR) is 175 cm³/mol. The molecule has 0 fully saturated rings. The van der Waals surface area contributed by atoms with Crippen LogP contribution < -0.4 is 9.62 Å². The van der Waals surface area contributed by atoms with Gasteiger partial charge in [0.15, 0.2) is 0 Å². The first-order valence-electron chi connectivity index (χ1n) is 13.5. The molecule has 0 aliphatic carbocycles. The highest BCUT2D eigenvalue weighted by Gasteiger charge is 2.35. The molecule has 0 unspecified atom stereocenters. The van der Waals surface area contributed by atoms with Gasteiger partial charge in [-0.3, -0.25) is 13.9 Å². The molecule has 0 saturated heterocycles. The number of amides is 2. The minimum absolute atomic E-state index is 0.0143. The Morgan fingerprint density at radius 2 is 1.49 bits per heavy atom. The van der Waals surface area contributed by atoms with Crippen LogP contribution >= 0.6 is 39.1 Å². The minimum Gasteiger partial charge on any atom is -0.355 e. The third-order valence-electron chi connectivity index (χ3n) is 6.67. The Hall–Kier alpha value is -3.37. The number of nitrogens with zero attached hydrogens (tertiary/aromatic N) is 2. The molecule has 0 spiro atoms. The Balaban J connectivity index is 1.82. The van der Waals surface area contributed by atoms with E-state index in [9.17, 15) is 18.0 Å². The standard InChI is InChI=1S/C32H30BrCl2N3O4S/c1-2-36-32(40)29(20-23-11-5-3-6-12-23)37(21-24-13-9-14-25(33)19-24)30(39)22-38(28-18-10-17-27(34)31(28)35)43(41,42)26-15-7-4-8-16-26/h3-19,29H,2,20-22H2,1H3,(H,36,40)/t29-/m0/s1. The summed E-state index contributed by atoms with van der Waals surface area (Å²) in [7, 11) is -4.28. The average molecular weight is 703 g/mol. The van der Waals surface area contributed by atoms with Crippen molar-refractivity contribution < 1.29 is 18.0 Å². The van der Waals surface area contributed by atoms with Gasteiger partial charge in [-0.2, -0.15) is 0 Å². The van der Waals surface area contributed by atoms with Gasteiger partial charge in [0.2, 0.25) is 11.8 Å². The third-order valence-corrected chi connectivity index (χ3v) is 9.75. The summed E-state index contributed by atoms with van der Waals surface area (Å²) in [6.45, 7) is 1.58. The van der Waals surface area contributed by atoms with Crippen molar-refractivity contribution in [3.05, 3.63) is 129 Å². The van der Waals surface area contributed by atoms with Gasteiger partial charge in [-0.05, 0) is 54.4 Å². The first-order chi connectivity index (χ1) is 20.6. The van der Waals surface area contributed by atoms with Crippen LogP contribution in [0.3, 0.4) is 0 Å². The van der Waals surface area contributed by atoms with Crippen LogP contribution in [0, 0.1) is 0 Å². The number of anilines is 1. The molecule has 0 radical (unpaired) electrons. The number of rotatable bonds is 12. The highest BCUT2D eigenvalue weighted by Crippen LogP contribution is 2.35. The minimum atomic E-state index is -4.28. The molecule has 4 rings (SSSR count). The van der Waals surface area contributed by atoms with Crippen molar-refractivity contribution in [2.75, 3.05) is 17.4 Å². The quantitative estimate of drug-likeness (QED) is 0.178. The first kappa shape index (κ1) is 32.5. The third kappa shape index (κ3) is 8.17. The van der Waals surface area contributed by atoms with Crippen LogP contribution in [0.15, 0.2) is 112 Å². The van der Waals surface area contributed by atoms with Crippen LogP contribution in [-0.4, -0.2) is 44.3 Å². The van der Waals surface area contributed by atoms with Gasteiger partial charge in [0.1, 0.15) is 12.6 Å². The van der Waals surface area contributed by atoms with E-state index in [1.54, 1.807) is 31.2 Å². The molecule has 1 atom stereocenters. The topological polar surface area (TPSA) is 86.8 Å². The zero-order chi connectivity index (χ0) is 31.0. The van der Waals surface area contributed by atoms with E-state index in [-0.39, 0.29) is 39.5 Å². The summed E-state index contributed by atoms with van der Waals surface area (Å²) in [6, 6.07) is 28.2. The van der Waals surface area contributed by atoms with Crippen molar-refractivity contribution >= 4 is 66.7 Å². The number of nitrogens with one attached hydrogen (secondary N) is 1. The van der Waals surface area contributed by atoms with Crippen molar-refractivity contribution in [2.45, 2.75) is 30.8 Å². The summed E-state index contributed by atoms with van der Waals surface area (Å²) in [6.07, 6.45) is 0.218. The highest BCUT2D eigenvalue weighted by atomic mass is 79.9. The number of likely N-dealkylation sites (N-methyl/N-ethyl adjacent to an activating group) is 1. The normalized spacial score (nSPS) is 11.9. The molecular formula is C32H30BrCl2N3O4S. The molecule has 0 heterocycles. The Kier molecular flexibility index (Phi) is 11.3. The van der Waals surface area contributed by atoms with Gasteiger partial charge < -0.3 is 10.2 Å². The van der Waals surface area contributed by atoms with Gasteiger partial charge in [0, 0.05) is 24.0 Å². The van der Waals surface area contributed by atoms with Crippen molar-refractivity contribution in [3.8, 4) is 0 Å². The number of hydrogen-bond donors (Lipinski definition) is 1. The molecule has 224 valence electrons. The summed E-state index contributed by atoms with van der Waals surface area (Å²) in [5.74, 6) is -0.948. The number of benzene rings is 4. The maximum Gasteiger partial charge on any atom is 0.264 e. The summed E-state index contributed by atoms with van der Waals surface area (Å²) in [5.41, 5.74) is 1.65. The highest BCUT2D eigenvalue weighted by molar-refractivity contribution is 9.10. The zero-order valence-electron chi connectivity index (χ0n) is 23.3. The summed E-state index contributed by atoms with van der Waals surface area (Å²) in [4.78, 5) is 29.3. The molecule has 43 heavy (non-hydrogen) atoms. The number of carbonyl (C=O) groups is 2. The van der Waals surface area contributed by atoms with Crippen LogP contribution in [0.2, 0.25) is 10.0 Å². The fraction of sp³-hybridized carbons (Fsp3) is 0.188. The van der Waals surface area contributed by atoms with Crippen molar-refractivity contribution in [3.63, 3.8) is 0 Å². The largest absolute Gasteiger partial charge is 0.355 e. The molecule has 4 aromatic carbocycles. The molecule has 1 N–H and O–H groups in total. The molecule has 0 aliphatic heterocycles. The molecule has 7 nitrogen and oxygen atoms in total. The monoisotopic (exact) mass is 701 g/mol. The van der Waals surface area contributed by atoms with Crippen LogP contribution in [0.1, 0.15) is 18.1 Å². The second kappa shape index (κ2) is 14.9. The number of sulfonamides is 1. The molecule has 0 saturated carbocycles. The van der Waals surface area contributed by atoms with Crippen LogP contribution in [0.5, 0.6) is 0 Å². The molecule has 0 bridgehead atoms. The van der Waals surface area contributed by atoms with Crippen LogP contribution in [0.4, 0.5) is 5.69 Å². The number of halogens is 3. The van der Waals surface area contributed by atoms with E-state index in [1.807, 2.05) is 54.6 Å². The van der Waals surface area contributed by atoms with Gasteiger partial charge in [-0.1, -0.05) is 106 Å². The molecule has 2 amide bonds. The number of hydrogen-bond acceptors (Lipinski definition) is 4. The van der Waals surface area contributed by atoms with E-state index in [1.165, 1.54) is 29.2 Å². The van der Waals surface area contributed by atoms with Crippen molar-refractivity contribution in [1.82, 2.24) is 10.2 Å². The molecular weight excluding hydrogens is 673 g/mol. The van der Waals surface area contributed by atoms with Gasteiger partial charge in [0.25, 0.3) is 10.0 Å². The van der Waals surface area contributed by atoms with Gasteiger partial charge in [-0.25, -0.2) is 8.42 Å². The van der Waals surface area contributed by atoms with E-state index in [0.29, 0.717) is 6.54 Å². The van der Waals surface area contributed by atoms with E-state index in [4.69, 9.17) is 23.2 Å². The summed E-state index contributed by atoms with van der Waals surface area (Å²) in [5, 5.41) is 2.96. The summed E-state index contributed by atoms with van der Waals surface area (Å²) < 4.78 is 29.8. The second-order valence-electron chi connectivity index (χ2n) is 9.65. The Bertz CT molecular complexity index is 1670. The van der Waals surface area contributed by atoms with Crippen LogP contribution in [-0.2, 0) is 32.6 Å². The Morgan fingerprint density at radius 3 is 2.14 bits per heavy atom. The van der Waals surface area contributed by atoms with Gasteiger partial charge in [-0.15, -0.1) is 0 Å². The van der Waals surface area contributed by atoms with Gasteiger partial charge in [0.05, 0.1) is 20.6 Å². The zero-order valence-corrected chi connectivity index (χ0v) is 27.2. The number of carbonyl (C=O) groups excluding carboxylic acids is 2. The van der Waals surface area contributed by atoms with Crippen molar-refractivity contribution in [1.29, 1.82) is 0 Å². The lowest BCUT2D eigenvalue weighted by atomic mass is 10.0. The molecule has 11 heteroatoms. The van der Waals surface area contributed by atoms with E-state index >= 15 is 0 Å². The Morgan fingerprint density at radius 1 is 0.860 bits per heavy atom. The Labute approximate surface area is 270 Å². The predicted octanol–water partition coefficient (Wildman–Crippen LogP) is 6.73. The maximum absolute atomic E-state index is 14.4. The molecule has 0 aliphatic rings. The van der Waals surface area contributed by atoms with Crippen molar-refractivity contribution in [2.24, 2.45) is 0 Å². The lowest BCUT2D eigenvalue weighted by molar-refractivity contribution is -0.140. The molecule has 0 aromatic heterocycles. The van der Waals surface area contributed by atoms with Crippen LogP contribution in [0.25, 0.3) is 0 Å². The fourth-order valence-corrected chi connectivity index (χ4v) is 6.94. The van der Waals surface area contributed by atoms with E-state index in [0.717, 1.165) is 19.9 Å². The lowest BCUT2D eigenvalue weighted by Gasteiger charge is -2.34. The fourth-order valence-electron chi connectivity index (χ4n) is 4.60. The lowest BCUT2D eigenvalue weighted by Crippen LogP contribution is -2.53. The first-order valence-corrected chi connectivity index (χ1v) is 16.5. The average Bonchev–Trinajstić information content (AvgIpc) is 3.00. The van der Waals surface area contributed by atoms with E-state index in [2.05, 4.69) is 21.2 Å². The SMILES string of the molecule is CCNC(=O)[C@H](Cc1ccccc1)N(Cc1cccc(Br)c1)C(=O)CN(c1cccc(Cl)c1Cl)S(=O)(=O)c1ccccc1. The maximum atomic E-state index is 14.4. The summed E-state index contributed by atoms with van der Waals surface area (Å²) >= 11 is 16.3. The second-order valence-corrected chi connectivity index (χ2v) is 13.2.